The summed E-state index contributed by atoms with van der Waals surface area (Å²) in [6.07, 6.45) is 2.82. The Balaban J connectivity index is 1.98. The van der Waals surface area contributed by atoms with Gasteiger partial charge in [0.2, 0.25) is 0 Å². The van der Waals surface area contributed by atoms with Crippen LogP contribution in [-0.4, -0.2) is 15.9 Å². The molecule has 0 saturated carbocycles. The predicted octanol–water partition coefficient (Wildman–Crippen LogP) is 1.98. The molecular weight excluding hydrogens is 268 g/mol. The van der Waals surface area contributed by atoms with Crippen molar-refractivity contribution in [2.45, 2.75) is 26.8 Å². The summed E-state index contributed by atoms with van der Waals surface area (Å²) in [4.78, 5) is 22.0. The van der Waals surface area contributed by atoms with Gasteiger partial charge in [0.05, 0.1) is 12.2 Å². The van der Waals surface area contributed by atoms with E-state index in [4.69, 9.17) is 5.73 Å². The fraction of sp³-hybridized carbons (Fsp3) is 0.364. The zero-order valence-electron chi connectivity index (χ0n) is 10.2. The second kappa shape index (κ2) is 5.45. The predicted molar refractivity (Wildman–Crippen MR) is 73.9 cm³/mol. The van der Waals surface area contributed by atoms with Gasteiger partial charge in [-0.1, -0.05) is 18.3 Å². The van der Waals surface area contributed by atoms with Gasteiger partial charge in [-0.15, -0.1) is 11.3 Å². The highest BCUT2D eigenvalue weighted by Gasteiger charge is 2.14. The maximum absolute atomic E-state index is 11.9. The second-order valence-corrected chi connectivity index (χ2v) is 5.95. The fourth-order valence-corrected chi connectivity index (χ4v) is 3.01. The van der Waals surface area contributed by atoms with Crippen molar-refractivity contribution < 1.29 is 4.79 Å². The van der Waals surface area contributed by atoms with E-state index in [0.717, 1.165) is 11.4 Å². The van der Waals surface area contributed by atoms with Crippen molar-refractivity contribution in [3.05, 3.63) is 26.7 Å². The maximum atomic E-state index is 11.9. The van der Waals surface area contributed by atoms with E-state index < -0.39 is 0 Å². The van der Waals surface area contributed by atoms with Crippen molar-refractivity contribution in [1.29, 1.82) is 0 Å². The van der Waals surface area contributed by atoms with Gasteiger partial charge >= 0.3 is 0 Å². The van der Waals surface area contributed by atoms with E-state index in [0.29, 0.717) is 22.2 Å². The molecule has 5 nitrogen and oxygen atoms in total. The van der Waals surface area contributed by atoms with Crippen LogP contribution in [0, 0.1) is 6.92 Å². The van der Waals surface area contributed by atoms with E-state index in [2.05, 4.69) is 22.2 Å². The number of nitrogens with zero attached hydrogens (tertiary/aromatic N) is 2. The smallest absolute Gasteiger partial charge is 0.263 e. The Kier molecular flexibility index (Phi) is 3.93. The monoisotopic (exact) mass is 282 g/mol. The molecule has 0 aliphatic carbocycles. The molecule has 2 heterocycles. The molecule has 0 atom stereocenters. The molecule has 0 saturated heterocycles. The molecule has 2 aromatic heterocycles. The van der Waals surface area contributed by atoms with Gasteiger partial charge in [0.15, 0.2) is 5.13 Å². The molecule has 18 heavy (non-hydrogen) atoms. The first-order valence-corrected chi connectivity index (χ1v) is 7.18. The lowest BCUT2D eigenvalue weighted by atomic mass is 10.4. The molecule has 0 spiro atoms. The van der Waals surface area contributed by atoms with Gasteiger partial charge in [-0.05, 0) is 13.3 Å². The van der Waals surface area contributed by atoms with Gasteiger partial charge in [-0.3, -0.25) is 4.79 Å². The van der Waals surface area contributed by atoms with Crippen LogP contribution in [0.4, 0.5) is 5.13 Å². The Morgan fingerprint density at radius 3 is 2.83 bits per heavy atom. The number of nitrogens with two attached hydrogens (primary N) is 1. The highest BCUT2D eigenvalue weighted by Crippen LogP contribution is 2.19. The number of anilines is 1. The molecule has 2 rings (SSSR count). The molecule has 0 aliphatic rings. The van der Waals surface area contributed by atoms with Crippen molar-refractivity contribution in [3.63, 3.8) is 0 Å². The van der Waals surface area contributed by atoms with Crippen molar-refractivity contribution >= 4 is 33.7 Å². The molecule has 0 aliphatic heterocycles. The summed E-state index contributed by atoms with van der Waals surface area (Å²) in [7, 11) is 0. The van der Waals surface area contributed by atoms with Crippen LogP contribution in [-0.2, 0) is 13.0 Å². The maximum Gasteiger partial charge on any atom is 0.263 e. The number of carbonyl (C=O) groups excluding carboxylic acids is 1. The van der Waals surface area contributed by atoms with Crippen LogP contribution in [0.1, 0.15) is 32.2 Å². The van der Waals surface area contributed by atoms with E-state index in [9.17, 15) is 4.79 Å². The third-order valence-corrected chi connectivity index (χ3v) is 4.50. The van der Waals surface area contributed by atoms with Crippen LogP contribution in [0.2, 0.25) is 0 Å². The second-order valence-electron chi connectivity index (χ2n) is 3.72. The molecular formula is C11H14N4OS2. The van der Waals surface area contributed by atoms with Crippen LogP contribution in [0.5, 0.6) is 0 Å². The normalized spacial score (nSPS) is 10.6. The lowest BCUT2D eigenvalue weighted by Crippen LogP contribution is -2.22. The third-order valence-electron chi connectivity index (χ3n) is 2.37. The largest absolute Gasteiger partial charge is 0.375 e. The van der Waals surface area contributed by atoms with Crippen LogP contribution >= 0.6 is 22.7 Å². The van der Waals surface area contributed by atoms with Crippen LogP contribution < -0.4 is 11.1 Å². The SMILES string of the molecule is CCc1cnc(CNC(=O)c2sc(N)nc2C)s1. The minimum absolute atomic E-state index is 0.144. The standard InChI is InChI=1S/C11H14N4OS2/c1-3-7-4-13-8(17-7)5-14-10(16)9-6(2)15-11(12)18-9/h4H,3,5H2,1-2H3,(H2,12,15)(H,14,16). The van der Waals surface area contributed by atoms with Gasteiger partial charge in [0, 0.05) is 11.1 Å². The van der Waals surface area contributed by atoms with E-state index in [1.54, 1.807) is 18.3 Å². The summed E-state index contributed by atoms with van der Waals surface area (Å²) >= 11 is 2.82. The van der Waals surface area contributed by atoms with Crippen LogP contribution in [0.15, 0.2) is 6.20 Å². The zero-order chi connectivity index (χ0) is 13.1. The van der Waals surface area contributed by atoms with Crippen molar-refractivity contribution in [1.82, 2.24) is 15.3 Å². The number of thiazole rings is 2. The molecule has 0 aromatic carbocycles. The van der Waals surface area contributed by atoms with Gasteiger partial charge in [-0.2, -0.15) is 0 Å². The third kappa shape index (κ3) is 2.85. The van der Waals surface area contributed by atoms with Crippen LogP contribution in [0.3, 0.4) is 0 Å². The molecule has 96 valence electrons. The van der Waals surface area contributed by atoms with E-state index in [1.165, 1.54) is 16.2 Å². The van der Waals surface area contributed by atoms with Crippen molar-refractivity contribution in [2.24, 2.45) is 0 Å². The van der Waals surface area contributed by atoms with E-state index in [1.807, 2.05) is 6.20 Å². The summed E-state index contributed by atoms with van der Waals surface area (Å²) in [5.41, 5.74) is 6.23. The number of nitrogen functional groups attached to an aromatic ring is 1. The first-order valence-electron chi connectivity index (χ1n) is 5.54. The van der Waals surface area contributed by atoms with Crippen LogP contribution in [0.25, 0.3) is 0 Å². The number of aryl methyl sites for hydroxylation is 2. The highest BCUT2D eigenvalue weighted by molar-refractivity contribution is 7.17. The lowest BCUT2D eigenvalue weighted by molar-refractivity contribution is 0.0954. The Hall–Kier alpha value is -1.47. The minimum atomic E-state index is -0.144. The van der Waals surface area contributed by atoms with Crippen molar-refractivity contribution in [2.75, 3.05) is 5.73 Å². The lowest BCUT2D eigenvalue weighted by Gasteiger charge is -2.00. The number of aromatic nitrogens is 2. The Bertz CT molecular complexity index is 561. The Morgan fingerprint density at radius 1 is 1.50 bits per heavy atom. The summed E-state index contributed by atoms with van der Waals surface area (Å²) in [6.45, 7) is 4.31. The number of hydrogen-bond acceptors (Lipinski definition) is 6. The van der Waals surface area contributed by atoms with Crippen molar-refractivity contribution in [3.8, 4) is 0 Å². The molecule has 7 heteroatoms. The topological polar surface area (TPSA) is 80.9 Å². The molecule has 0 radical (unpaired) electrons. The molecule has 1 amide bonds. The molecule has 2 aromatic rings. The average molecular weight is 282 g/mol. The van der Waals surface area contributed by atoms with Gasteiger partial charge < -0.3 is 11.1 Å². The van der Waals surface area contributed by atoms with E-state index >= 15 is 0 Å². The van der Waals surface area contributed by atoms with Gasteiger partial charge in [0.25, 0.3) is 5.91 Å². The quantitative estimate of drug-likeness (QED) is 0.898. The molecule has 0 fully saturated rings. The fourth-order valence-electron chi connectivity index (χ4n) is 1.46. The molecule has 3 N–H and O–H groups in total. The highest BCUT2D eigenvalue weighted by atomic mass is 32.1. The Morgan fingerprint density at radius 2 is 2.28 bits per heavy atom. The molecule has 0 bridgehead atoms. The summed E-state index contributed by atoms with van der Waals surface area (Å²) < 4.78 is 0. The Labute approximate surface area is 113 Å². The average Bonchev–Trinajstić information content (AvgIpc) is 2.92. The summed E-state index contributed by atoms with van der Waals surface area (Å²) in [6, 6.07) is 0. The number of rotatable bonds is 4. The number of hydrogen-bond donors (Lipinski definition) is 2. The first-order chi connectivity index (χ1) is 8.60. The van der Waals surface area contributed by atoms with Gasteiger partial charge in [0.1, 0.15) is 9.88 Å². The molecule has 0 unspecified atom stereocenters. The summed E-state index contributed by atoms with van der Waals surface area (Å²) in [5, 5.41) is 4.16. The minimum Gasteiger partial charge on any atom is -0.375 e. The number of amides is 1. The number of nitrogens with one attached hydrogen (secondary N) is 1. The van der Waals surface area contributed by atoms with E-state index in [-0.39, 0.29) is 5.91 Å². The first kappa shape index (κ1) is 13.0. The summed E-state index contributed by atoms with van der Waals surface area (Å²) in [5.74, 6) is -0.144. The zero-order valence-corrected chi connectivity index (χ0v) is 11.8. The van der Waals surface area contributed by atoms with Gasteiger partial charge in [-0.25, -0.2) is 9.97 Å². The number of carbonyl (C=O) groups is 1.